The van der Waals surface area contributed by atoms with Crippen LogP contribution < -0.4 is 4.74 Å². The number of ether oxygens (including phenoxy) is 1. The van der Waals surface area contributed by atoms with Gasteiger partial charge < -0.3 is 14.9 Å². The van der Waals surface area contributed by atoms with E-state index in [4.69, 9.17) is 9.84 Å². The minimum absolute atomic E-state index is 0.213. The van der Waals surface area contributed by atoms with Crippen molar-refractivity contribution in [3.8, 4) is 5.75 Å². The van der Waals surface area contributed by atoms with Crippen LogP contribution in [0, 0.1) is 0 Å². The molecule has 0 amide bonds. The maximum Gasteiger partial charge on any atom is 0.417 e. The summed E-state index contributed by atoms with van der Waals surface area (Å²) >= 11 is 0. The highest BCUT2D eigenvalue weighted by atomic mass is 19.4. The summed E-state index contributed by atoms with van der Waals surface area (Å²) in [5.41, 5.74) is 0.668. The minimum Gasteiger partial charge on any atom is -0.491 e. The number of alkyl halides is 3. The van der Waals surface area contributed by atoms with Crippen LogP contribution in [-0.2, 0) is 0 Å². The number of benzene rings is 1. The number of rotatable bonds is 5. The zero-order valence-corrected chi connectivity index (χ0v) is 9.81. The van der Waals surface area contributed by atoms with E-state index in [1.54, 1.807) is 12.1 Å². The smallest absolute Gasteiger partial charge is 0.417 e. The van der Waals surface area contributed by atoms with Crippen LogP contribution in [0.4, 0.5) is 13.2 Å². The van der Waals surface area contributed by atoms with Gasteiger partial charge in [0.2, 0.25) is 0 Å². The van der Waals surface area contributed by atoms with E-state index in [-0.39, 0.29) is 5.75 Å². The molecule has 1 aromatic carbocycles. The van der Waals surface area contributed by atoms with Gasteiger partial charge in [0.25, 0.3) is 0 Å². The summed E-state index contributed by atoms with van der Waals surface area (Å²) in [4.78, 5) is 0. The van der Waals surface area contributed by atoms with Gasteiger partial charge in [0.1, 0.15) is 12.4 Å². The molecule has 1 aromatic rings. The third kappa shape index (κ3) is 4.19. The van der Waals surface area contributed by atoms with Crippen LogP contribution in [0.15, 0.2) is 24.3 Å². The van der Waals surface area contributed by atoms with Crippen molar-refractivity contribution in [2.45, 2.75) is 31.7 Å². The van der Waals surface area contributed by atoms with Crippen LogP contribution in [0.2, 0.25) is 0 Å². The summed E-state index contributed by atoms with van der Waals surface area (Å²) in [5.74, 6) is 0.213. The van der Waals surface area contributed by atoms with Crippen LogP contribution in [0.1, 0.15) is 25.0 Å². The van der Waals surface area contributed by atoms with Crippen LogP contribution in [-0.4, -0.2) is 29.1 Å². The molecule has 2 atom stereocenters. The topological polar surface area (TPSA) is 49.7 Å². The molecule has 0 heterocycles. The summed E-state index contributed by atoms with van der Waals surface area (Å²) < 4.78 is 40.8. The molecule has 1 rings (SSSR count). The Morgan fingerprint density at radius 1 is 1.17 bits per heavy atom. The predicted molar refractivity (Wildman–Crippen MR) is 59.2 cm³/mol. The van der Waals surface area contributed by atoms with Crippen molar-refractivity contribution in [3.63, 3.8) is 0 Å². The van der Waals surface area contributed by atoms with Crippen molar-refractivity contribution in [2.75, 3.05) is 6.61 Å². The second kappa shape index (κ2) is 6.06. The molecule has 0 saturated carbocycles. The largest absolute Gasteiger partial charge is 0.491 e. The van der Waals surface area contributed by atoms with Crippen molar-refractivity contribution in [1.29, 1.82) is 0 Å². The van der Waals surface area contributed by atoms with Gasteiger partial charge in [-0.25, -0.2) is 0 Å². The summed E-state index contributed by atoms with van der Waals surface area (Å²) in [6.45, 7) is 0.966. The highest BCUT2D eigenvalue weighted by Crippen LogP contribution is 2.23. The van der Waals surface area contributed by atoms with Crippen molar-refractivity contribution >= 4 is 0 Å². The van der Waals surface area contributed by atoms with Crippen molar-refractivity contribution < 1.29 is 28.1 Å². The van der Waals surface area contributed by atoms with Gasteiger partial charge in [-0.3, -0.25) is 0 Å². The van der Waals surface area contributed by atoms with Gasteiger partial charge in [0.15, 0.2) is 6.10 Å². The van der Waals surface area contributed by atoms with Crippen LogP contribution in [0.3, 0.4) is 0 Å². The molecule has 0 radical (unpaired) electrons. The monoisotopic (exact) mass is 264 g/mol. The molecular weight excluding hydrogens is 249 g/mol. The zero-order chi connectivity index (χ0) is 13.8. The lowest BCUT2D eigenvalue weighted by Crippen LogP contribution is -2.34. The zero-order valence-electron chi connectivity index (χ0n) is 9.81. The Hall–Kier alpha value is -1.27. The van der Waals surface area contributed by atoms with E-state index < -0.39 is 25.0 Å². The second-order valence-corrected chi connectivity index (χ2v) is 3.86. The van der Waals surface area contributed by atoms with Gasteiger partial charge in [0, 0.05) is 0 Å². The Bertz CT molecular complexity index is 362. The van der Waals surface area contributed by atoms with E-state index in [1.165, 1.54) is 12.1 Å². The molecule has 0 fully saturated rings. The lowest BCUT2D eigenvalue weighted by molar-refractivity contribution is -0.210. The van der Waals surface area contributed by atoms with E-state index in [0.29, 0.717) is 12.0 Å². The van der Waals surface area contributed by atoms with Gasteiger partial charge in [-0.2, -0.15) is 13.2 Å². The van der Waals surface area contributed by atoms with Crippen LogP contribution in [0.25, 0.3) is 0 Å². The number of aliphatic hydroxyl groups excluding tert-OH is 2. The van der Waals surface area contributed by atoms with E-state index in [9.17, 15) is 18.3 Å². The van der Waals surface area contributed by atoms with Crippen LogP contribution >= 0.6 is 0 Å². The fourth-order valence-electron chi connectivity index (χ4n) is 1.29. The SMILES string of the molecule is CC[C@@H](O)c1ccc(OCC(O)C(F)(F)F)cc1. The summed E-state index contributed by atoms with van der Waals surface area (Å²) in [5, 5.41) is 18.3. The Morgan fingerprint density at radius 2 is 1.72 bits per heavy atom. The lowest BCUT2D eigenvalue weighted by Gasteiger charge is -2.15. The van der Waals surface area contributed by atoms with Crippen molar-refractivity contribution in [1.82, 2.24) is 0 Å². The Balaban J connectivity index is 2.54. The molecule has 0 aromatic heterocycles. The Kier molecular flexibility index (Phi) is 4.98. The van der Waals surface area contributed by atoms with E-state index in [2.05, 4.69) is 0 Å². The first-order valence-electron chi connectivity index (χ1n) is 5.50. The third-order valence-electron chi connectivity index (χ3n) is 2.44. The molecule has 0 aliphatic heterocycles. The number of aliphatic hydroxyl groups is 2. The van der Waals surface area contributed by atoms with Gasteiger partial charge >= 0.3 is 6.18 Å². The lowest BCUT2D eigenvalue weighted by atomic mass is 10.1. The Morgan fingerprint density at radius 3 is 2.17 bits per heavy atom. The fraction of sp³-hybridized carbons (Fsp3) is 0.500. The maximum atomic E-state index is 12.0. The standard InChI is InChI=1S/C12H15F3O3/c1-2-10(16)8-3-5-9(6-4-8)18-7-11(17)12(13,14)15/h3-6,10-11,16-17H,2,7H2,1H3/t10-,11?/m1/s1. The van der Waals surface area contributed by atoms with Gasteiger partial charge in [-0.15, -0.1) is 0 Å². The molecule has 6 heteroatoms. The summed E-state index contributed by atoms with van der Waals surface area (Å²) in [7, 11) is 0. The number of hydrogen-bond acceptors (Lipinski definition) is 3. The van der Waals surface area contributed by atoms with Gasteiger partial charge in [-0.05, 0) is 24.1 Å². The van der Waals surface area contributed by atoms with E-state index in [0.717, 1.165) is 0 Å². The molecule has 0 saturated heterocycles. The van der Waals surface area contributed by atoms with E-state index >= 15 is 0 Å². The molecule has 1 unspecified atom stereocenters. The van der Waals surface area contributed by atoms with Gasteiger partial charge in [0.05, 0.1) is 6.10 Å². The molecule has 0 bridgehead atoms. The molecule has 0 spiro atoms. The maximum absolute atomic E-state index is 12.0. The van der Waals surface area contributed by atoms with E-state index in [1.807, 2.05) is 6.92 Å². The van der Waals surface area contributed by atoms with Crippen molar-refractivity contribution in [2.24, 2.45) is 0 Å². The number of halogens is 3. The predicted octanol–water partition coefficient (Wildman–Crippen LogP) is 2.43. The average molecular weight is 264 g/mol. The number of hydrogen-bond donors (Lipinski definition) is 2. The molecule has 3 nitrogen and oxygen atoms in total. The summed E-state index contributed by atoms with van der Waals surface area (Å²) in [6, 6.07) is 6.06. The summed E-state index contributed by atoms with van der Waals surface area (Å²) in [6.07, 6.45) is -7.23. The molecule has 18 heavy (non-hydrogen) atoms. The first-order valence-corrected chi connectivity index (χ1v) is 5.50. The highest BCUT2D eigenvalue weighted by Gasteiger charge is 2.38. The molecule has 2 N–H and O–H groups in total. The average Bonchev–Trinajstić information content (AvgIpc) is 2.34. The molecule has 102 valence electrons. The second-order valence-electron chi connectivity index (χ2n) is 3.86. The molecule has 0 aliphatic rings. The Labute approximate surface area is 103 Å². The normalized spacial score (nSPS) is 15.2. The quantitative estimate of drug-likeness (QED) is 0.858. The first-order chi connectivity index (χ1) is 8.34. The molecular formula is C12H15F3O3. The minimum atomic E-state index is -4.68. The highest BCUT2D eigenvalue weighted by molar-refractivity contribution is 5.28. The first kappa shape index (κ1) is 14.8. The van der Waals surface area contributed by atoms with Gasteiger partial charge in [-0.1, -0.05) is 19.1 Å². The third-order valence-corrected chi connectivity index (χ3v) is 2.44. The molecule has 0 aliphatic carbocycles. The van der Waals surface area contributed by atoms with Crippen molar-refractivity contribution in [3.05, 3.63) is 29.8 Å². The fourth-order valence-corrected chi connectivity index (χ4v) is 1.29. The van der Waals surface area contributed by atoms with Crippen LogP contribution in [0.5, 0.6) is 5.75 Å².